The van der Waals surface area contributed by atoms with Crippen molar-refractivity contribution in [1.29, 1.82) is 0 Å². The fourth-order valence-electron chi connectivity index (χ4n) is 6.56. The van der Waals surface area contributed by atoms with E-state index < -0.39 is 0 Å². The van der Waals surface area contributed by atoms with Crippen molar-refractivity contribution in [2.24, 2.45) is 17.8 Å². The van der Waals surface area contributed by atoms with E-state index in [4.69, 9.17) is 5.73 Å². The van der Waals surface area contributed by atoms with Gasteiger partial charge in [-0.15, -0.1) is 40.1 Å². The van der Waals surface area contributed by atoms with Crippen LogP contribution < -0.4 is 0 Å². The Morgan fingerprint density at radius 2 is 1.40 bits per heavy atom. The largest absolute Gasteiger partial charge is 0.672 e. The van der Waals surface area contributed by atoms with Gasteiger partial charge in [0, 0.05) is 0 Å². The zero-order valence-electron chi connectivity index (χ0n) is 19.9. The number of hydrogen-bond acceptors (Lipinski definition) is 0. The van der Waals surface area contributed by atoms with Gasteiger partial charge in [0.2, 0.25) is 0 Å². The fourth-order valence-corrected chi connectivity index (χ4v) is 6.56. The SMILES string of the molecule is C[Si](C)=[Ti].Cc1cc2cc3c(cc2[cH-]1)CCC3.[CH3-].[CH3-].[NH-]C12CC3CC(CC(C3)C1)C2. The molecule has 0 amide bonds. The van der Waals surface area contributed by atoms with Gasteiger partial charge in [0.15, 0.2) is 0 Å². The van der Waals surface area contributed by atoms with Crippen LogP contribution >= 0.6 is 0 Å². The molecule has 0 aliphatic heterocycles. The van der Waals surface area contributed by atoms with Crippen molar-refractivity contribution >= 4 is 17.0 Å². The molecule has 0 radical (unpaired) electrons. The molecule has 2 aromatic rings. The summed E-state index contributed by atoms with van der Waals surface area (Å²) in [5.41, 5.74) is 12.8. The second-order valence-corrected chi connectivity index (χ2v) is 17.0. The van der Waals surface area contributed by atoms with Gasteiger partial charge in [0.05, 0.1) is 0 Å². The maximum absolute atomic E-state index is 8.21. The Morgan fingerprint density at radius 1 is 0.933 bits per heavy atom. The summed E-state index contributed by atoms with van der Waals surface area (Å²) in [5.74, 6) is 2.87. The fraction of sp³-hybridized carbons (Fsp3) is 0.593. The molecule has 5 aliphatic rings. The minimum absolute atomic E-state index is 0. The van der Waals surface area contributed by atoms with Crippen LogP contribution in [-0.2, 0) is 32.0 Å². The van der Waals surface area contributed by atoms with E-state index in [0.717, 1.165) is 17.8 Å². The number of aryl methyl sites for hydroxylation is 3. The molecule has 7 rings (SSSR count). The number of fused-ring (bicyclic) bond motifs is 2. The normalized spacial score (nSPS) is 29.5. The third-order valence-electron chi connectivity index (χ3n) is 7.10. The maximum Gasteiger partial charge on any atom is -0.0289 e. The van der Waals surface area contributed by atoms with Gasteiger partial charge in [-0.3, -0.25) is 0 Å². The third kappa shape index (κ3) is 6.15. The molecule has 5 aliphatic carbocycles. The molecule has 0 atom stereocenters. The summed E-state index contributed by atoms with van der Waals surface area (Å²) in [6.07, 6.45) is 12.2. The molecular weight excluding hydrogens is 414 g/mol. The van der Waals surface area contributed by atoms with Gasteiger partial charge in [0.25, 0.3) is 0 Å². The molecule has 4 fully saturated rings. The van der Waals surface area contributed by atoms with Crippen LogP contribution in [0.1, 0.15) is 61.6 Å². The Kier molecular flexibility index (Phi) is 9.14. The van der Waals surface area contributed by atoms with E-state index in [0.29, 0.717) is 0 Å². The molecule has 1 nitrogen and oxygen atoms in total. The second-order valence-electron chi connectivity index (χ2n) is 10.3. The minimum Gasteiger partial charge on any atom is -0.672 e. The van der Waals surface area contributed by atoms with Crippen molar-refractivity contribution in [2.75, 3.05) is 0 Å². The Bertz CT molecular complexity index is 785. The topological polar surface area (TPSA) is 23.8 Å². The van der Waals surface area contributed by atoms with E-state index >= 15 is 0 Å². The van der Waals surface area contributed by atoms with Crippen LogP contribution in [0.25, 0.3) is 16.5 Å². The van der Waals surface area contributed by atoms with E-state index in [9.17, 15) is 0 Å². The van der Waals surface area contributed by atoms with E-state index in [2.05, 4.69) is 63.5 Å². The Hall–Kier alpha value is -0.279. The van der Waals surface area contributed by atoms with Crippen LogP contribution in [0.4, 0.5) is 0 Å². The summed E-state index contributed by atoms with van der Waals surface area (Å²) in [5, 5.41) is 2.86. The summed E-state index contributed by atoms with van der Waals surface area (Å²) in [6, 6.07) is 9.33. The number of nitrogens with one attached hydrogen (secondary N) is 1. The van der Waals surface area contributed by atoms with Gasteiger partial charge in [-0.1, -0.05) is 37.3 Å². The van der Waals surface area contributed by atoms with E-state index in [1.165, 1.54) is 74.1 Å². The summed E-state index contributed by atoms with van der Waals surface area (Å²) >= 11 is 2.27. The summed E-state index contributed by atoms with van der Waals surface area (Å²) in [7, 11) is 0. The van der Waals surface area contributed by atoms with E-state index in [-0.39, 0.29) is 26.6 Å². The van der Waals surface area contributed by atoms with Gasteiger partial charge >= 0.3 is 38.5 Å². The minimum atomic E-state index is 0. The Labute approximate surface area is 198 Å². The van der Waals surface area contributed by atoms with Crippen molar-refractivity contribution < 1.29 is 19.2 Å². The molecule has 30 heavy (non-hydrogen) atoms. The smallest absolute Gasteiger partial charge is 0.0289 e. The van der Waals surface area contributed by atoms with Crippen molar-refractivity contribution in [3.63, 3.8) is 0 Å². The van der Waals surface area contributed by atoms with Crippen LogP contribution in [-0.4, -0.2) is 11.7 Å². The predicted molar refractivity (Wildman–Crippen MR) is 132 cm³/mol. The molecule has 166 valence electrons. The summed E-state index contributed by atoms with van der Waals surface area (Å²) < 4.78 is 0. The predicted octanol–water partition coefficient (Wildman–Crippen LogP) is 8.05. The number of hydrogen-bond donors (Lipinski definition) is 0. The van der Waals surface area contributed by atoms with Gasteiger partial charge in [0.1, 0.15) is 0 Å². The molecular formula is C27H41NSiTi-4. The first-order valence-electron chi connectivity index (χ1n) is 11.3. The number of rotatable bonds is 0. The molecule has 4 saturated carbocycles. The quantitative estimate of drug-likeness (QED) is 0.283. The second kappa shape index (κ2) is 10.6. The monoisotopic (exact) mass is 455 g/mol. The summed E-state index contributed by atoms with van der Waals surface area (Å²) in [6.45, 7) is 6.71. The van der Waals surface area contributed by atoms with Gasteiger partial charge in [-0.05, 0) is 56.3 Å². The average molecular weight is 456 g/mol. The molecule has 3 heteroatoms. The van der Waals surface area contributed by atoms with E-state index in [1.807, 2.05) is 0 Å². The molecule has 0 heterocycles. The molecule has 4 bridgehead atoms. The average Bonchev–Trinajstić information content (AvgIpc) is 3.14. The van der Waals surface area contributed by atoms with Gasteiger partial charge in [-0.25, -0.2) is 0 Å². The van der Waals surface area contributed by atoms with Crippen molar-refractivity contribution in [3.8, 4) is 0 Å². The third-order valence-corrected chi connectivity index (χ3v) is 7.10. The van der Waals surface area contributed by atoms with Crippen LogP contribution in [0, 0.1) is 39.5 Å². The van der Waals surface area contributed by atoms with Crippen molar-refractivity contribution in [2.45, 2.75) is 83.3 Å². The number of benzene rings is 1. The van der Waals surface area contributed by atoms with Crippen LogP contribution in [0.3, 0.4) is 0 Å². The van der Waals surface area contributed by atoms with Gasteiger partial charge < -0.3 is 20.6 Å². The molecule has 0 saturated heterocycles. The zero-order chi connectivity index (χ0) is 19.9. The molecule has 0 unspecified atom stereocenters. The molecule has 0 aromatic heterocycles. The Morgan fingerprint density at radius 3 is 1.87 bits per heavy atom. The summed E-state index contributed by atoms with van der Waals surface area (Å²) in [4.78, 5) is 0. The molecule has 0 spiro atoms. The molecule has 1 N–H and O–H groups in total. The van der Waals surface area contributed by atoms with E-state index in [1.54, 1.807) is 11.1 Å². The first kappa shape index (κ1) is 26.0. The Balaban J connectivity index is 0.000000174. The van der Waals surface area contributed by atoms with Crippen molar-refractivity contribution in [3.05, 3.63) is 61.5 Å². The van der Waals surface area contributed by atoms with Gasteiger partial charge in [-0.2, -0.15) is 6.07 Å². The first-order chi connectivity index (χ1) is 13.3. The van der Waals surface area contributed by atoms with Crippen LogP contribution in [0.2, 0.25) is 13.1 Å². The first-order valence-corrected chi connectivity index (χ1v) is 16.1. The maximum atomic E-state index is 8.21. The van der Waals surface area contributed by atoms with Crippen LogP contribution in [0.15, 0.2) is 24.3 Å². The van der Waals surface area contributed by atoms with Crippen molar-refractivity contribution in [1.82, 2.24) is 0 Å². The zero-order valence-corrected chi connectivity index (χ0v) is 22.5. The standard InChI is InChI=1S/C13H13.C10H16N.C2H6Si.2CH3.Ti/c1-9-5-12-7-10-3-2-4-11(10)8-13(12)6-9;11-10-4-7-1-8(5-10)3-9(2-7)6-10;1-3-2;;;/h5-8H,2-4H2,1H3;7-9,11H,1-6H2;1-2H3;2*1H3;/q2*-1;;2*-1;. The molecule has 2 aromatic carbocycles. The van der Waals surface area contributed by atoms with Crippen LogP contribution in [0.5, 0.6) is 0 Å².